The molecule has 0 aliphatic heterocycles. The highest BCUT2D eigenvalue weighted by atomic mass is 35.5. The zero-order valence-electron chi connectivity index (χ0n) is 13.9. The van der Waals surface area contributed by atoms with Gasteiger partial charge in [-0.1, -0.05) is 23.7 Å². The standard InChI is InChI=1S/C20H17ClN2O2/c1-13(11-20(24)15-5-9-17(25-2)10-6-15)18-12-19(23-22-18)14-3-7-16(21)8-4-14/h3-12H,1-2H3,(H,22,23). The number of benzene rings is 2. The number of hydrogen-bond acceptors (Lipinski definition) is 3. The van der Waals surface area contributed by atoms with Crippen molar-refractivity contribution in [2.24, 2.45) is 0 Å². The maximum atomic E-state index is 12.4. The molecule has 0 aliphatic carbocycles. The van der Waals surface area contributed by atoms with E-state index in [1.165, 1.54) is 0 Å². The molecule has 1 heterocycles. The number of hydrogen-bond donors (Lipinski definition) is 1. The fourth-order valence-corrected chi connectivity index (χ4v) is 2.54. The molecule has 5 heteroatoms. The predicted molar refractivity (Wildman–Crippen MR) is 100 cm³/mol. The fraction of sp³-hybridized carbons (Fsp3) is 0.100. The molecule has 3 aromatic rings. The molecule has 0 spiro atoms. The van der Waals surface area contributed by atoms with Gasteiger partial charge in [0.15, 0.2) is 5.78 Å². The van der Waals surface area contributed by atoms with Crippen LogP contribution in [0.15, 0.2) is 60.7 Å². The van der Waals surface area contributed by atoms with E-state index < -0.39 is 0 Å². The molecule has 1 N–H and O–H groups in total. The van der Waals surface area contributed by atoms with Gasteiger partial charge in [-0.15, -0.1) is 0 Å². The highest BCUT2D eigenvalue weighted by Crippen LogP contribution is 2.23. The average molecular weight is 353 g/mol. The third-order valence-electron chi connectivity index (χ3n) is 3.86. The molecular weight excluding hydrogens is 336 g/mol. The zero-order valence-corrected chi connectivity index (χ0v) is 14.7. The number of H-pyrrole nitrogens is 1. The summed E-state index contributed by atoms with van der Waals surface area (Å²) >= 11 is 5.91. The second kappa shape index (κ2) is 7.36. The van der Waals surface area contributed by atoms with Crippen LogP contribution in [-0.4, -0.2) is 23.1 Å². The number of halogens is 1. The Morgan fingerprint density at radius 3 is 2.44 bits per heavy atom. The Morgan fingerprint density at radius 1 is 1.12 bits per heavy atom. The van der Waals surface area contributed by atoms with Crippen molar-refractivity contribution in [3.8, 4) is 17.0 Å². The molecule has 0 radical (unpaired) electrons. The Kier molecular flexibility index (Phi) is 5.00. The topological polar surface area (TPSA) is 55.0 Å². The summed E-state index contributed by atoms with van der Waals surface area (Å²) in [4.78, 5) is 12.4. The van der Waals surface area contributed by atoms with Crippen molar-refractivity contribution in [3.63, 3.8) is 0 Å². The largest absolute Gasteiger partial charge is 0.497 e. The molecule has 25 heavy (non-hydrogen) atoms. The summed E-state index contributed by atoms with van der Waals surface area (Å²) in [5.41, 5.74) is 3.98. The van der Waals surface area contributed by atoms with Crippen LogP contribution in [0.4, 0.5) is 0 Å². The van der Waals surface area contributed by atoms with E-state index in [0.717, 1.165) is 28.3 Å². The van der Waals surface area contributed by atoms with E-state index in [1.54, 1.807) is 37.5 Å². The first kappa shape index (κ1) is 17.0. The van der Waals surface area contributed by atoms with Crippen molar-refractivity contribution in [1.82, 2.24) is 10.2 Å². The van der Waals surface area contributed by atoms with Crippen molar-refractivity contribution in [2.75, 3.05) is 7.11 Å². The Hall–Kier alpha value is -2.85. The number of allylic oxidation sites excluding steroid dienone is 2. The number of aromatic nitrogens is 2. The monoisotopic (exact) mass is 352 g/mol. The van der Waals surface area contributed by atoms with E-state index in [0.29, 0.717) is 10.6 Å². The van der Waals surface area contributed by atoms with E-state index in [1.807, 2.05) is 37.3 Å². The van der Waals surface area contributed by atoms with E-state index in [4.69, 9.17) is 16.3 Å². The molecule has 0 atom stereocenters. The number of ketones is 1. The van der Waals surface area contributed by atoms with E-state index in [9.17, 15) is 4.79 Å². The van der Waals surface area contributed by atoms with Crippen LogP contribution in [0.1, 0.15) is 23.0 Å². The highest BCUT2D eigenvalue weighted by molar-refractivity contribution is 6.30. The first-order chi connectivity index (χ1) is 12.1. The SMILES string of the molecule is COc1ccc(C(=O)C=C(C)c2cc(-c3ccc(Cl)cc3)[nH]n2)cc1. The van der Waals surface area contributed by atoms with E-state index >= 15 is 0 Å². The lowest BCUT2D eigenvalue weighted by molar-refractivity contribution is 0.104. The molecule has 0 amide bonds. The smallest absolute Gasteiger partial charge is 0.186 e. The molecule has 4 nitrogen and oxygen atoms in total. The second-order valence-electron chi connectivity index (χ2n) is 5.59. The zero-order chi connectivity index (χ0) is 17.8. The van der Waals surface area contributed by atoms with Gasteiger partial charge < -0.3 is 4.74 Å². The lowest BCUT2D eigenvalue weighted by Gasteiger charge is -2.01. The van der Waals surface area contributed by atoms with Crippen molar-refractivity contribution in [3.05, 3.63) is 77.0 Å². The summed E-state index contributed by atoms with van der Waals surface area (Å²) in [5.74, 6) is 0.647. The van der Waals surface area contributed by atoms with Gasteiger partial charge in [-0.3, -0.25) is 9.89 Å². The van der Waals surface area contributed by atoms with Crippen LogP contribution in [0.25, 0.3) is 16.8 Å². The summed E-state index contributed by atoms with van der Waals surface area (Å²) < 4.78 is 5.10. The maximum absolute atomic E-state index is 12.4. The number of carbonyl (C=O) groups is 1. The van der Waals surface area contributed by atoms with Crippen molar-refractivity contribution < 1.29 is 9.53 Å². The molecule has 0 fully saturated rings. The minimum absolute atomic E-state index is 0.0730. The van der Waals surface area contributed by atoms with Crippen LogP contribution in [0, 0.1) is 0 Å². The van der Waals surface area contributed by atoms with Gasteiger partial charge in [0.1, 0.15) is 5.75 Å². The number of nitrogens with zero attached hydrogens (tertiary/aromatic N) is 1. The van der Waals surface area contributed by atoms with Crippen LogP contribution < -0.4 is 4.74 Å². The Bertz CT molecular complexity index is 910. The predicted octanol–water partition coefficient (Wildman–Crippen LogP) is 5.02. The molecule has 2 aromatic carbocycles. The van der Waals surface area contributed by atoms with Crippen molar-refractivity contribution in [1.29, 1.82) is 0 Å². The number of ether oxygens (including phenoxy) is 1. The molecule has 1 aromatic heterocycles. The minimum Gasteiger partial charge on any atom is -0.497 e. The van der Waals surface area contributed by atoms with Gasteiger partial charge in [0.2, 0.25) is 0 Å². The summed E-state index contributed by atoms with van der Waals surface area (Å²) in [6.07, 6.45) is 1.59. The molecule has 126 valence electrons. The highest BCUT2D eigenvalue weighted by Gasteiger charge is 2.08. The summed E-state index contributed by atoms with van der Waals surface area (Å²) in [6, 6.07) is 16.4. The van der Waals surface area contributed by atoms with Crippen LogP contribution in [0.2, 0.25) is 5.02 Å². The van der Waals surface area contributed by atoms with Gasteiger partial charge in [-0.25, -0.2) is 0 Å². The molecule has 0 aliphatic rings. The van der Waals surface area contributed by atoms with E-state index in [-0.39, 0.29) is 5.78 Å². The number of nitrogens with one attached hydrogen (secondary N) is 1. The number of carbonyl (C=O) groups excluding carboxylic acids is 1. The van der Waals surface area contributed by atoms with Gasteiger partial charge in [-0.2, -0.15) is 5.10 Å². The minimum atomic E-state index is -0.0730. The quantitative estimate of drug-likeness (QED) is 0.518. The molecule has 0 unspecified atom stereocenters. The average Bonchev–Trinajstić information content (AvgIpc) is 3.12. The normalized spacial score (nSPS) is 11.4. The van der Waals surface area contributed by atoms with Gasteiger partial charge in [0, 0.05) is 10.6 Å². The number of aromatic amines is 1. The van der Waals surface area contributed by atoms with Crippen LogP contribution >= 0.6 is 11.6 Å². The summed E-state index contributed by atoms with van der Waals surface area (Å²) in [6.45, 7) is 1.86. The van der Waals surface area contributed by atoms with E-state index in [2.05, 4.69) is 10.2 Å². The maximum Gasteiger partial charge on any atom is 0.186 e. The van der Waals surface area contributed by atoms with Gasteiger partial charge in [0.25, 0.3) is 0 Å². The van der Waals surface area contributed by atoms with Crippen LogP contribution in [-0.2, 0) is 0 Å². The fourth-order valence-electron chi connectivity index (χ4n) is 2.41. The third kappa shape index (κ3) is 3.98. The van der Waals surface area contributed by atoms with Gasteiger partial charge in [-0.05, 0) is 66.6 Å². The van der Waals surface area contributed by atoms with Crippen molar-refractivity contribution >= 4 is 23.0 Å². The summed E-state index contributed by atoms with van der Waals surface area (Å²) in [7, 11) is 1.59. The lowest BCUT2D eigenvalue weighted by Crippen LogP contribution is -1.96. The van der Waals surface area contributed by atoms with Gasteiger partial charge in [0.05, 0.1) is 18.5 Å². The number of methoxy groups -OCH3 is 1. The van der Waals surface area contributed by atoms with Gasteiger partial charge >= 0.3 is 0 Å². The summed E-state index contributed by atoms with van der Waals surface area (Å²) in [5, 5.41) is 7.96. The van der Waals surface area contributed by atoms with Crippen molar-refractivity contribution in [2.45, 2.75) is 6.92 Å². The number of rotatable bonds is 5. The molecule has 3 rings (SSSR count). The molecule has 0 saturated carbocycles. The Balaban J connectivity index is 1.80. The third-order valence-corrected chi connectivity index (χ3v) is 4.11. The molecular formula is C20H17ClN2O2. The van der Waals surface area contributed by atoms with Crippen LogP contribution in [0.5, 0.6) is 5.75 Å². The second-order valence-corrected chi connectivity index (χ2v) is 6.03. The first-order valence-electron chi connectivity index (χ1n) is 7.75. The van der Waals surface area contributed by atoms with Crippen LogP contribution in [0.3, 0.4) is 0 Å². The molecule has 0 bridgehead atoms. The lowest BCUT2D eigenvalue weighted by atomic mass is 10.1. The Labute approximate surface area is 151 Å². The Morgan fingerprint density at radius 2 is 1.80 bits per heavy atom. The first-order valence-corrected chi connectivity index (χ1v) is 8.13. The molecule has 0 saturated heterocycles.